The molecule has 33 heavy (non-hydrogen) atoms. The summed E-state index contributed by atoms with van der Waals surface area (Å²) in [6, 6.07) is 11.6. The predicted octanol–water partition coefficient (Wildman–Crippen LogP) is 2.67. The van der Waals surface area contributed by atoms with Crippen molar-refractivity contribution < 1.29 is 25.8 Å². The highest BCUT2D eigenvalue weighted by Gasteiger charge is 2.18. The number of fused-ring (bicyclic) bond motifs is 3. The number of sulfonamides is 1. The van der Waals surface area contributed by atoms with Gasteiger partial charge in [-0.25, -0.2) is 13.1 Å². The Bertz CT molecular complexity index is 1600. The maximum atomic E-state index is 12.5. The van der Waals surface area contributed by atoms with Crippen molar-refractivity contribution in [1.29, 1.82) is 0 Å². The topological polar surface area (TPSA) is 132 Å². The summed E-state index contributed by atoms with van der Waals surface area (Å²) in [7, 11) is -5.97. The maximum Gasteiger partial charge on any atom is 0.266 e. The molecule has 174 valence electrons. The first-order valence-electron chi connectivity index (χ1n) is 9.65. The summed E-state index contributed by atoms with van der Waals surface area (Å²) in [6.45, 7) is -0.504. The number of H-pyrrole nitrogens is 1. The first-order chi connectivity index (χ1) is 15.6. The van der Waals surface area contributed by atoms with Crippen LogP contribution in [0.2, 0.25) is 0 Å². The molecule has 0 saturated heterocycles. The number of benzene rings is 2. The summed E-state index contributed by atoms with van der Waals surface area (Å²) >= 11 is 1.34. The van der Waals surface area contributed by atoms with Gasteiger partial charge in [-0.2, -0.15) is 8.42 Å². The molecule has 2 N–H and O–H groups in total. The van der Waals surface area contributed by atoms with E-state index < -0.39 is 20.1 Å². The van der Waals surface area contributed by atoms with Crippen molar-refractivity contribution in [2.24, 2.45) is 0 Å². The zero-order valence-corrected chi connectivity index (χ0v) is 20.1. The smallest absolute Gasteiger partial charge is 0.266 e. The molecule has 0 aliphatic heterocycles. The van der Waals surface area contributed by atoms with Crippen LogP contribution in [0.5, 0.6) is 5.75 Å². The molecule has 0 fully saturated rings. The number of ether oxygens (including phenoxy) is 1. The van der Waals surface area contributed by atoms with E-state index in [0.717, 1.165) is 22.6 Å². The summed E-state index contributed by atoms with van der Waals surface area (Å²) in [5, 5.41) is 3.44. The molecule has 4 aromatic rings. The number of hydrogen-bond donors (Lipinski definition) is 2. The summed E-state index contributed by atoms with van der Waals surface area (Å²) in [6.07, 6.45) is 0.890. The van der Waals surface area contributed by atoms with Gasteiger partial charge in [-0.15, -0.1) is 11.3 Å². The minimum absolute atomic E-state index is 0.0129. The number of aromatic amines is 1. The SMILES string of the molecule is COc1ccc2[nH]c(=O)c3sccc3c2c1-c1ccc(S(=O)(=O)NCCOS(C)(=O)=O)cc1. The minimum atomic E-state index is -3.87. The second-order valence-electron chi connectivity index (χ2n) is 7.13. The van der Waals surface area contributed by atoms with E-state index in [9.17, 15) is 21.6 Å². The molecule has 4 rings (SSSR count). The monoisotopic (exact) mass is 508 g/mol. The lowest BCUT2D eigenvalue weighted by Crippen LogP contribution is -2.28. The van der Waals surface area contributed by atoms with Gasteiger partial charge in [0.25, 0.3) is 15.7 Å². The highest BCUT2D eigenvalue weighted by atomic mass is 32.2. The van der Waals surface area contributed by atoms with E-state index in [1.807, 2.05) is 11.4 Å². The Labute approximate surface area is 194 Å². The van der Waals surface area contributed by atoms with Crippen molar-refractivity contribution in [2.45, 2.75) is 4.90 Å². The average molecular weight is 509 g/mol. The fourth-order valence-corrected chi connectivity index (χ4v) is 5.73. The Morgan fingerprint density at radius 1 is 1.03 bits per heavy atom. The molecule has 0 saturated carbocycles. The van der Waals surface area contributed by atoms with E-state index in [1.54, 1.807) is 31.4 Å². The molecule has 0 aliphatic carbocycles. The molecule has 2 heterocycles. The van der Waals surface area contributed by atoms with Gasteiger partial charge in [0.05, 0.1) is 24.9 Å². The van der Waals surface area contributed by atoms with Gasteiger partial charge in [-0.3, -0.25) is 8.98 Å². The normalized spacial score (nSPS) is 12.4. The first kappa shape index (κ1) is 23.4. The molecule has 0 amide bonds. The lowest BCUT2D eigenvalue weighted by Gasteiger charge is -2.14. The molecule has 12 heteroatoms. The average Bonchev–Trinajstić information content (AvgIpc) is 3.26. The number of methoxy groups -OCH3 is 1. The van der Waals surface area contributed by atoms with Crippen LogP contribution in [0.25, 0.3) is 32.1 Å². The highest BCUT2D eigenvalue weighted by molar-refractivity contribution is 7.89. The van der Waals surface area contributed by atoms with Crippen molar-refractivity contribution >= 4 is 52.5 Å². The van der Waals surface area contributed by atoms with E-state index in [0.29, 0.717) is 21.5 Å². The zero-order chi connectivity index (χ0) is 23.8. The van der Waals surface area contributed by atoms with Crippen molar-refractivity contribution in [3.8, 4) is 16.9 Å². The van der Waals surface area contributed by atoms with Crippen LogP contribution < -0.4 is 15.0 Å². The Hall–Kier alpha value is -2.77. The van der Waals surface area contributed by atoms with Gasteiger partial charge in [0, 0.05) is 28.4 Å². The van der Waals surface area contributed by atoms with Crippen molar-refractivity contribution in [3.63, 3.8) is 0 Å². The van der Waals surface area contributed by atoms with E-state index >= 15 is 0 Å². The quantitative estimate of drug-likeness (QED) is 0.276. The molecule has 0 aliphatic rings. The number of aromatic nitrogens is 1. The number of hydrogen-bond acceptors (Lipinski definition) is 8. The molecular formula is C21H20N2O7S3. The van der Waals surface area contributed by atoms with Gasteiger partial charge in [0.15, 0.2) is 0 Å². The standard InChI is InChI=1S/C21H20N2O7S3/c1-29-17-8-7-16-19(15-9-12-31-20(15)21(24)23-16)18(17)13-3-5-14(6-4-13)33(27,28)22-10-11-30-32(2,25)26/h3-9,12,22H,10-11H2,1-2H3,(H,23,24). The Morgan fingerprint density at radius 2 is 1.76 bits per heavy atom. The third-order valence-corrected chi connectivity index (χ3v) is 7.91. The molecule has 9 nitrogen and oxygen atoms in total. The predicted molar refractivity (Wildman–Crippen MR) is 128 cm³/mol. The number of rotatable bonds is 8. The Balaban J connectivity index is 1.73. The van der Waals surface area contributed by atoms with Crippen LogP contribution in [0, 0.1) is 0 Å². The highest BCUT2D eigenvalue weighted by Crippen LogP contribution is 2.40. The van der Waals surface area contributed by atoms with Gasteiger partial charge in [0.2, 0.25) is 10.0 Å². The van der Waals surface area contributed by atoms with Gasteiger partial charge in [-0.05, 0) is 41.3 Å². The molecular weight excluding hydrogens is 488 g/mol. The Morgan fingerprint density at radius 3 is 2.42 bits per heavy atom. The second kappa shape index (κ2) is 8.88. The van der Waals surface area contributed by atoms with Crippen LogP contribution in [-0.2, 0) is 24.3 Å². The lowest BCUT2D eigenvalue weighted by atomic mass is 9.97. The molecule has 2 aromatic carbocycles. The second-order valence-corrected chi connectivity index (χ2v) is 11.5. The summed E-state index contributed by atoms with van der Waals surface area (Å²) in [4.78, 5) is 15.3. The van der Waals surface area contributed by atoms with Crippen molar-refractivity contribution in [2.75, 3.05) is 26.5 Å². The third kappa shape index (κ3) is 4.80. The molecule has 0 unspecified atom stereocenters. The van der Waals surface area contributed by atoms with Crippen LogP contribution in [0.4, 0.5) is 0 Å². The molecule has 0 atom stereocenters. The molecule has 0 bridgehead atoms. The van der Waals surface area contributed by atoms with E-state index in [4.69, 9.17) is 4.74 Å². The van der Waals surface area contributed by atoms with Gasteiger partial charge in [0.1, 0.15) is 10.4 Å². The van der Waals surface area contributed by atoms with E-state index in [-0.39, 0.29) is 23.6 Å². The third-order valence-electron chi connectivity index (χ3n) is 4.92. The first-order valence-corrected chi connectivity index (χ1v) is 13.8. The van der Waals surface area contributed by atoms with Crippen LogP contribution in [0.1, 0.15) is 0 Å². The number of pyridine rings is 1. The van der Waals surface area contributed by atoms with Crippen molar-refractivity contribution in [3.05, 3.63) is 58.2 Å². The van der Waals surface area contributed by atoms with Crippen molar-refractivity contribution in [1.82, 2.24) is 9.71 Å². The van der Waals surface area contributed by atoms with Gasteiger partial charge < -0.3 is 9.72 Å². The molecule has 0 spiro atoms. The number of thiophene rings is 1. The number of nitrogens with one attached hydrogen (secondary N) is 2. The minimum Gasteiger partial charge on any atom is -0.496 e. The fourth-order valence-electron chi connectivity index (χ4n) is 3.54. The van der Waals surface area contributed by atoms with Crippen LogP contribution >= 0.6 is 11.3 Å². The maximum absolute atomic E-state index is 12.5. The molecule has 0 radical (unpaired) electrons. The van der Waals surface area contributed by atoms with Gasteiger partial charge in [-0.1, -0.05) is 12.1 Å². The van der Waals surface area contributed by atoms with E-state index in [1.165, 1.54) is 23.5 Å². The fraction of sp³-hybridized carbons (Fsp3) is 0.190. The van der Waals surface area contributed by atoms with Crippen LogP contribution in [-0.4, -0.2) is 48.3 Å². The van der Waals surface area contributed by atoms with E-state index in [2.05, 4.69) is 13.9 Å². The summed E-state index contributed by atoms with van der Waals surface area (Å²) < 4.78 is 60.1. The lowest BCUT2D eigenvalue weighted by molar-refractivity contribution is 0.326. The van der Waals surface area contributed by atoms with Crippen LogP contribution in [0.3, 0.4) is 0 Å². The Kier molecular flexibility index (Phi) is 6.29. The molecule has 2 aromatic heterocycles. The van der Waals surface area contributed by atoms with Crippen LogP contribution in [0.15, 0.2) is 57.5 Å². The van der Waals surface area contributed by atoms with Gasteiger partial charge >= 0.3 is 0 Å². The largest absolute Gasteiger partial charge is 0.496 e. The summed E-state index contributed by atoms with van der Waals surface area (Å²) in [5.74, 6) is 0.578. The zero-order valence-electron chi connectivity index (χ0n) is 17.6. The summed E-state index contributed by atoms with van der Waals surface area (Å²) in [5.41, 5.74) is 1.91.